The highest BCUT2D eigenvalue weighted by molar-refractivity contribution is 5.45. The van der Waals surface area contributed by atoms with Crippen molar-refractivity contribution in [3.8, 4) is 17.6 Å². The van der Waals surface area contributed by atoms with E-state index in [0.29, 0.717) is 11.5 Å². The van der Waals surface area contributed by atoms with Crippen LogP contribution >= 0.6 is 0 Å². The molecule has 0 bridgehead atoms. The Bertz CT molecular complexity index is 1010. The summed E-state index contributed by atoms with van der Waals surface area (Å²) in [6.07, 6.45) is 14.4. The van der Waals surface area contributed by atoms with Gasteiger partial charge in [-0.3, -0.25) is 0 Å². The van der Waals surface area contributed by atoms with Gasteiger partial charge in [0.15, 0.2) is 11.6 Å². The number of halogens is 1. The Labute approximate surface area is 198 Å². The van der Waals surface area contributed by atoms with Crippen molar-refractivity contribution in [2.24, 2.45) is 17.8 Å². The molecular weight excluding hydrogens is 407 g/mol. The van der Waals surface area contributed by atoms with Crippen LogP contribution in [0, 0.1) is 35.4 Å². The van der Waals surface area contributed by atoms with E-state index < -0.39 is 5.82 Å². The second-order valence-electron chi connectivity index (χ2n) is 9.69. The van der Waals surface area contributed by atoms with Gasteiger partial charge in [-0.1, -0.05) is 49.1 Å². The molecule has 2 aromatic rings. The molecule has 1 nitrogen and oxygen atoms in total. The van der Waals surface area contributed by atoms with Crippen LogP contribution in [0.1, 0.15) is 74.0 Å². The van der Waals surface area contributed by atoms with Gasteiger partial charge in [0, 0.05) is 11.1 Å². The molecule has 2 aromatic carbocycles. The molecule has 0 radical (unpaired) electrons. The summed E-state index contributed by atoms with van der Waals surface area (Å²) in [5.74, 6) is 9.49. The van der Waals surface area contributed by atoms with E-state index in [-0.39, 0.29) is 12.4 Å². The molecule has 0 aromatic heterocycles. The molecule has 0 N–H and O–H groups in total. The zero-order chi connectivity index (χ0) is 23.0. The highest BCUT2D eigenvalue weighted by Gasteiger charge is 2.35. The molecule has 0 amide bonds. The summed E-state index contributed by atoms with van der Waals surface area (Å²) >= 11 is 0. The molecular formula is C31H35FO. The van der Waals surface area contributed by atoms with Gasteiger partial charge in [0.25, 0.3) is 0 Å². The molecule has 0 saturated heterocycles. The topological polar surface area (TPSA) is 9.23 Å². The molecule has 2 aliphatic carbocycles. The van der Waals surface area contributed by atoms with Gasteiger partial charge in [-0.25, -0.2) is 4.39 Å². The summed E-state index contributed by atoms with van der Waals surface area (Å²) in [5.41, 5.74) is 3.05. The zero-order valence-corrected chi connectivity index (χ0v) is 19.6. The molecule has 4 atom stereocenters. The van der Waals surface area contributed by atoms with Gasteiger partial charge < -0.3 is 4.74 Å². The van der Waals surface area contributed by atoms with E-state index in [4.69, 9.17) is 4.74 Å². The molecule has 4 rings (SSSR count). The second-order valence-corrected chi connectivity index (χ2v) is 9.69. The van der Waals surface area contributed by atoms with Crippen LogP contribution in [-0.2, 0) is 0 Å². The largest absolute Gasteiger partial charge is 0.486 e. The standard InChI is InChI=1S/C31H35FO/c1-3-5-6-24-11-15-29-22-28(17-16-27(29)20-24)26-13-9-23(10-14-26)7-8-25-12-18-31(30(32)21-25)33-19-4-2/h3-4,9-10,12-14,18,21,24,27-29H,1-2,5-6,11,15-17,19-20,22H2. The Morgan fingerprint density at radius 2 is 1.61 bits per heavy atom. The molecule has 0 heterocycles. The lowest BCUT2D eigenvalue weighted by atomic mass is 9.63. The molecule has 0 spiro atoms. The predicted octanol–water partition coefficient (Wildman–Crippen LogP) is 8.06. The lowest BCUT2D eigenvalue weighted by molar-refractivity contribution is 0.115. The minimum Gasteiger partial charge on any atom is -0.486 e. The molecule has 0 aliphatic heterocycles. The lowest BCUT2D eigenvalue weighted by Crippen LogP contribution is -2.30. The Kier molecular flexibility index (Phi) is 8.05. The third-order valence-electron chi connectivity index (χ3n) is 7.52. The first kappa shape index (κ1) is 23.4. The van der Waals surface area contributed by atoms with E-state index in [1.54, 1.807) is 18.2 Å². The SMILES string of the molecule is C=CCCC1CCC2CC(c3ccc(C#Cc4ccc(OCC=C)c(F)c4)cc3)CCC2C1. The average Bonchev–Trinajstić information content (AvgIpc) is 2.85. The third kappa shape index (κ3) is 6.17. The normalized spacial score (nSPS) is 24.2. The first-order valence-electron chi connectivity index (χ1n) is 12.4. The van der Waals surface area contributed by atoms with Crippen molar-refractivity contribution >= 4 is 0 Å². The zero-order valence-electron chi connectivity index (χ0n) is 19.6. The van der Waals surface area contributed by atoms with Crippen molar-refractivity contribution in [1.82, 2.24) is 0 Å². The summed E-state index contributed by atoms with van der Waals surface area (Å²) in [6.45, 7) is 7.75. The molecule has 2 fully saturated rings. The lowest BCUT2D eigenvalue weighted by Gasteiger charge is -2.42. The third-order valence-corrected chi connectivity index (χ3v) is 7.52. The number of allylic oxidation sites excluding steroid dienone is 1. The predicted molar refractivity (Wildman–Crippen MR) is 135 cm³/mol. The fourth-order valence-corrected chi connectivity index (χ4v) is 5.73. The van der Waals surface area contributed by atoms with E-state index in [1.165, 1.54) is 63.0 Å². The fourth-order valence-electron chi connectivity index (χ4n) is 5.73. The number of ether oxygens (including phenoxy) is 1. The van der Waals surface area contributed by atoms with Gasteiger partial charge in [0.1, 0.15) is 6.61 Å². The molecule has 2 aliphatic rings. The van der Waals surface area contributed by atoms with E-state index in [2.05, 4.69) is 55.3 Å². The minimum atomic E-state index is -0.399. The maximum Gasteiger partial charge on any atom is 0.166 e. The number of hydrogen-bond donors (Lipinski definition) is 0. The van der Waals surface area contributed by atoms with Gasteiger partial charge in [-0.2, -0.15) is 0 Å². The summed E-state index contributed by atoms with van der Waals surface area (Å²) in [4.78, 5) is 0. The van der Waals surface area contributed by atoms with Crippen LogP contribution in [-0.4, -0.2) is 6.61 Å². The van der Waals surface area contributed by atoms with Gasteiger partial charge in [-0.05, 0) is 105 Å². The summed E-state index contributed by atoms with van der Waals surface area (Å²) in [7, 11) is 0. The summed E-state index contributed by atoms with van der Waals surface area (Å²) in [5, 5.41) is 0. The van der Waals surface area contributed by atoms with Crippen LogP contribution in [0.15, 0.2) is 67.8 Å². The van der Waals surface area contributed by atoms with Crippen LogP contribution in [0.3, 0.4) is 0 Å². The minimum absolute atomic E-state index is 0.227. The Balaban J connectivity index is 1.34. The maximum atomic E-state index is 14.1. The van der Waals surface area contributed by atoms with E-state index in [1.807, 2.05) is 0 Å². The Morgan fingerprint density at radius 1 is 0.879 bits per heavy atom. The monoisotopic (exact) mass is 442 g/mol. The highest BCUT2D eigenvalue weighted by Crippen LogP contribution is 2.48. The van der Waals surface area contributed by atoms with Crippen molar-refractivity contribution < 1.29 is 9.13 Å². The first-order valence-corrected chi connectivity index (χ1v) is 12.4. The van der Waals surface area contributed by atoms with Gasteiger partial charge in [0.2, 0.25) is 0 Å². The summed E-state index contributed by atoms with van der Waals surface area (Å²) in [6, 6.07) is 13.5. The van der Waals surface area contributed by atoms with Crippen LogP contribution in [0.2, 0.25) is 0 Å². The quantitative estimate of drug-likeness (QED) is 0.311. The maximum absolute atomic E-state index is 14.1. The van der Waals surface area contributed by atoms with Gasteiger partial charge in [0.05, 0.1) is 0 Å². The smallest absolute Gasteiger partial charge is 0.166 e. The van der Waals surface area contributed by atoms with Crippen LogP contribution in [0.25, 0.3) is 0 Å². The number of hydrogen-bond acceptors (Lipinski definition) is 1. The van der Waals surface area contributed by atoms with Crippen LogP contribution in [0.4, 0.5) is 4.39 Å². The van der Waals surface area contributed by atoms with Crippen molar-refractivity contribution in [2.45, 2.75) is 57.3 Å². The first-order chi connectivity index (χ1) is 16.2. The Morgan fingerprint density at radius 3 is 2.36 bits per heavy atom. The van der Waals surface area contributed by atoms with Crippen molar-refractivity contribution in [2.75, 3.05) is 6.61 Å². The van der Waals surface area contributed by atoms with Gasteiger partial charge in [-0.15, -0.1) is 6.58 Å². The second kappa shape index (κ2) is 11.4. The summed E-state index contributed by atoms with van der Waals surface area (Å²) < 4.78 is 19.4. The average molecular weight is 443 g/mol. The van der Waals surface area contributed by atoms with E-state index in [9.17, 15) is 4.39 Å². The van der Waals surface area contributed by atoms with E-state index >= 15 is 0 Å². The van der Waals surface area contributed by atoms with Gasteiger partial charge >= 0.3 is 0 Å². The number of fused-ring (bicyclic) bond motifs is 1. The molecule has 2 heteroatoms. The van der Waals surface area contributed by atoms with E-state index in [0.717, 1.165) is 23.3 Å². The molecule has 4 unspecified atom stereocenters. The number of benzene rings is 2. The van der Waals surface area contributed by atoms with Crippen molar-refractivity contribution in [1.29, 1.82) is 0 Å². The van der Waals surface area contributed by atoms with Crippen molar-refractivity contribution in [3.63, 3.8) is 0 Å². The Hall–Kier alpha value is -2.79. The molecule has 2 saturated carbocycles. The molecule has 172 valence electrons. The van der Waals surface area contributed by atoms with Crippen LogP contribution in [0.5, 0.6) is 5.75 Å². The van der Waals surface area contributed by atoms with Crippen LogP contribution < -0.4 is 4.74 Å². The number of rotatable bonds is 7. The highest BCUT2D eigenvalue weighted by atomic mass is 19.1. The fraction of sp³-hybridized carbons (Fsp3) is 0.419. The van der Waals surface area contributed by atoms with Crippen molar-refractivity contribution in [3.05, 3.63) is 90.3 Å². The molecule has 33 heavy (non-hydrogen) atoms.